The highest BCUT2D eigenvalue weighted by Crippen LogP contribution is 2.55. The van der Waals surface area contributed by atoms with Gasteiger partial charge >= 0.3 is 0 Å². The minimum absolute atomic E-state index is 0.167. The minimum atomic E-state index is -1.66. The number of hydrogen-bond donors (Lipinski definition) is 1. The first kappa shape index (κ1) is 29.0. The molecule has 216 valence electrons. The van der Waals surface area contributed by atoms with Crippen LogP contribution in [0.1, 0.15) is 40.4 Å². The molecule has 0 heterocycles. The van der Waals surface area contributed by atoms with Crippen LogP contribution in [0.3, 0.4) is 0 Å². The van der Waals surface area contributed by atoms with Crippen molar-refractivity contribution in [3.63, 3.8) is 0 Å². The number of methoxy groups -OCH3 is 4. The van der Waals surface area contributed by atoms with Gasteiger partial charge in [0, 0.05) is 11.0 Å². The Kier molecular flexibility index (Phi) is 8.10. The number of benzene rings is 4. The van der Waals surface area contributed by atoms with Crippen molar-refractivity contribution in [2.24, 2.45) is 5.92 Å². The smallest absolute Gasteiger partial charge is 0.170 e. The standard InChI is InChI=1S/C36H36O6/c1-35(27-10-18-31(41-4)19-11-27)22-26(24-6-14-29(39-2)15-7-24)23-36(38,28-12-20-32(42-5)21-13-28)34(35)33(37)25-8-16-30(40-3)17-9-25/h6-21,23,34,38H,22H2,1-5H3/t34-,35-,36+/m0/s1. The van der Waals surface area contributed by atoms with E-state index in [1.807, 2.05) is 78.9 Å². The second-order valence-corrected chi connectivity index (χ2v) is 10.8. The lowest BCUT2D eigenvalue weighted by Gasteiger charge is -2.49. The van der Waals surface area contributed by atoms with Crippen molar-refractivity contribution < 1.29 is 28.8 Å². The van der Waals surface area contributed by atoms with Gasteiger partial charge in [0.2, 0.25) is 0 Å². The lowest BCUT2D eigenvalue weighted by atomic mass is 9.54. The average Bonchev–Trinajstić information content (AvgIpc) is 3.04. The number of hydrogen-bond acceptors (Lipinski definition) is 6. The number of ether oxygens (including phenoxy) is 4. The van der Waals surface area contributed by atoms with Gasteiger partial charge in [0.15, 0.2) is 5.78 Å². The Labute approximate surface area is 247 Å². The second-order valence-electron chi connectivity index (χ2n) is 10.8. The molecule has 0 radical (unpaired) electrons. The summed E-state index contributed by atoms with van der Waals surface area (Å²) < 4.78 is 21.6. The van der Waals surface area contributed by atoms with E-state index in [4.69, 9.17) is 18.9 Å². The molecule has 0 aliphatic heterocycles. The molecule has 1 aliphatic rings. The summed E-state index contributed by atoms with van der Waals surface area (Å²) in [5.74, 6) is 1.73. The number of carbonyl (C=O) groups excluding carboxylic acids is 1. The third-order valence-electron chi connectivity index (χ3n) is 8.43. The topological polar surface area (TPSA) is 74.2 Å². The third kappa shape index (κ3) is 5.26. The van der Waals surface area contributed by atoms with Crippen LogP contribution in [0.4, 0.5) is 0 Å². The number of Topliss-reactive ketones (excluding diaryl/α,β-unsaturated/α-hetero) is 1. The van der Waals surface area contributed by atoms with Crippen molar-refractivity contribution in [3.05, 3.63) is 125 Å². The molecule has 0 bridgehead atoms. The number of allylic oxidation sites excluding steroid dienone is 1. The average molecular weight is 565 g/mol. The second kappa shape index (κ2) is 11.7. The van der Waals surface area contributed by atoms with E-state index in [-0.39, 0.29) is 5.78 Å². The van der Waals surface area contributed by atoms with Crippen molar-refractivity contribution in [2.75, 3.05) is 28.4 Å². The summed E-state index contributed by atoms with van der Waals surface area (Å²) in [6, 6.07) is 29.9. The highest BCUT2D eigenvalue weighted by atomic mass is 16.5. The fraction of sp³-hybridized carbons (Fsp3) is 0.250. The van der Waals surface area contributed by atoms with Gasteiger partial charge < -0.3 is 24.1 Å². The summed E-state index contributed by atoms with van der Waals surface area (Å²) >= 11 is 0. The molecule has 1 N–H and O–H groups in total. The highest BCUT2D eigenvalue weighted by Gasteiger charge is 2.55. The predicted molar refractivity (Wildman–Crippen MR) is 164 cm³/mol. The molecule has 3 atom stereocenters. The van der Waals surface area contributed by atoms with E-state index < -0.39 is 16.9 Å². The maximum absolute atomic E-state index is 14.7. The van der Waals surface area contributed by atoms with Crippen LogP contribution >= 0.6 is 0 Å². The SMILES string of the molecule is COc1ccc(C(=O)[C@@H]2[C@](O)(c3ccc(OC)cc3)C=C(c3ccc(OC)cc3)C[C@@]2(C)c2ccc(OC)cc2)cc1. The van der Waals surface area contributed by atoms with Crippen LogP contribution in [0.25, 0.3) is 5.57 Å². The van der Waals surface area contributed by atoms with Gasteiger partial charge in [0.05, 0.1) is 34.4 Å². The first-order valence-electron chi connectivity index (χ1n) is 13.8. The lowest BCUT2D eigenvalue weighted by molar-refractivity contribution is -0.00848. The predicted octanol–water partition coefficient (Wildman–Crippen LogP) is 6.85. The minimum Gasteiger partial charge on any atom is -0.497 e. The van der Waals surface area contributed by atoms with Gasteiger partial charge in [-0.15, -0.1) is 0 Å². The fourth-order valence-corrected chi connectivity index (χ4v) is 6.13. The van der Waals surface area contributed by atoms with E-state index in [9.17, 15) is 9.90 Å². The Morgan fingerprint density at radius 1 is 0.643 bits per heavy atom. The molecular weight excluding hydrogens is 528 g/mol. The Hall–Kier alpha value is -4.55. The van der Waals surface area contributed by atoms with Crippen LogP contribution in [-0.4, -0.2) is 39.3 Å². The van der Waals surface area contributed by atoms with Crippen LogP contribution in [0.15, 0.2) is 103 Å². The third-order valence-corrected chi connectivity index (χ3v) is 8.43. The summed E-state index contributed by atoms with van der Waals surface area (Å²) in [6.07, 6.45) is 2.37. The van der Waals surface area contributed by atoms with Crippen LogP contribution in [-0.2, 0) is 11.0 Å². The molecule has 4 aromatic carbocycles. The van der Waals surface area contributed by atoms with Gasteiger partial charge in [-0.2, -0.15) is 0 Å². The summed E-state index contributed by atoms with van der Waals surface area (Å²) in [6.45, 7) is 2.06. The summed E-state index contributed by atoms with van der Waals surface area (Å²) in [4.78, 5) is 14.7. The quantitative estimate of drug-likeness (QED) is 0.224. The highest BCUT2D eigenvalue weighted by molar-refractivity contribution is 6.01. The van der Waals surface area contributed by atoms with Crippen LogP contribution in [0.2, 0.25) is 0 Å². The maximum atomic E-state index is 14.7. The van der Waals surface area contributed by atoms with Crippen LogP contribution in [0, 0.1) is 5.92 Å². The van der Waals surface area contributed by atoms with E-state index in [0.717, 1.165) is 22.4 Å². The van der Waals surface area contributed by atoms with E-state index >= 15 is 0 Å². The van der Waals surface area contributed by atoms with Crippen molar-refractivity contribution in [3.8, 4) is 23.0 Å². The molecule has 6 nitrogen and oxygen atoms in total. The first-order chi connectivity index (χ1) is 20.2. The van der Waals surface area contributed by atoms with Crippen molar-refractivity contribution in [1.82, 2.24) is 0 Å². The number of aliphatic hydroxyl groups is 1. The van der Waals surface area contributed by atoms with Crippen LogP contribution in [0.5, 0.6) is 23.0 Å². The van der Waals surface area contributed by atoms with Gasteiger partial charge in [-0.25, -0.2) is 0 Å². The monoisotopic (exact) mass is 564 g/mol. The molecule has 0 saturated heterocycles. The molecule has 4 aromatic rings. The lowest BCUT2D eigenvalue weighted by Crippen LogP contribution is -2.53. The molecule has 6 heteroatoms. The fourth-order valence-electron chi connectivity index (χ4n) is 6.13. The van der Waals surface area contributed by atoms with Gasteiger partial charge in [-0.1, -0.05) is 43.3 Å². The zero-order chi connectivity index (χ0) is 29.9. The van der Waals surface area contributed by atoms with E-state index in [1.165, 1.54) is 0 Å². The number of carbonyl (C=O) groups is 1. The summed E-state index contributed by atoms with van der Waals surface area (Å²) in [5, 5.41) is 12.9. The number of rotatable bonds is 9. The Morgan fingerprint density at radius 3 is 1.50 bits per heavy atom. The Bertz CT molecular complexity index is 1560. The molecule has 0 amide bonds. The molecule has 0 unspecified atom stereocenters. The van der Waals surface area contributed by atoms with Gasteiger partial charge in [0.1, 0.15) is 28.6 Å². The van der Waals surface area contributed by atoms with E-state index in [2.05, 4.69) is 6.92 Å². The largest absolute Gasteiger partial charge is 0.497 e. The van der Waals surface area contributed by atoms with Gasteiger partial charge in [0.25, 0.3) is 0 Å². The molecule has 0 aromatic heterocycles. The number of ketones is 1. The first-order valence-corrected chi connectivity index (χ1v) is 13.8. The van der Waals surface area contributed by atoms with Gasteiger partial charge in [-0.3, -0.25) is 4.79 Å². The molecular formula is C36H36O6. The normalized spacial score (nSPS) is 21.7. The Morgan fingerprint density at radius 2 is 1.05 bits per heavy atom. The molecule has 0 fully saturated rings. The summed E-state index contributed by atoms with van der Waals surface area (Å²) in [7, 11) is 6.45. The van der Waals surface area contributed by atoms with E-state index in [1.54, 1.807) is 52.7 Å². The van der Waals surface area contributed by atoms with Crippen molar-refractivity contribution in [1.29, 1.82) is 0 Å². The van der Waals surface area contributed by atoms with Crippen molar-refractivity contribution in [2.45, 2.75) is 24.4 Å². The summed E-state index contributed by atoms with van der Waals surface area (Å²) in [5.41, 5.74) is 1.40. The zero-order valence-corrected chi connectivity index (χ0v) is 24.6. The maximum Gasteiger partial charge on any atom is 0.170 e. The van der Waals surface area contributed by atoms with E-state index in [0.29, 0.717) is 34.8 Å². The zero-order valence-electron chi connectivity index (χ0n) is 24.6. The molecule has 0 saturated carbocycles. The molecule has 5 rings (SSSR count). The van der Waals surface area contributed by atoms with Crippen molar-refractivity contribution >= 4 is 11.4 Å². The molecule has 1 aliphatic carbocycles. The van der Waals surface area contributed by atoms with Crippen LogP contribution < -0.4 is 18.9 Å². The molecule has 0 spiro atoms. The molecule has 42 heavy (non-hydrogen) atoms. The Balaban J connectivity index is 1.76. The van der Waals surface area contributed by atoms with Gasteiger partial charge in [-0.05, 0) is 95.4 Å².